The van der Waals surface area contributed by atoms with Crippen molar-refractivity contribution in [3.8, 4) is 0 Å². The van der Waals surface area contributed by atoms with E-state index in [1.165, 1.54) is 6.92 Å². The maximum atomic E-state index is 12.1. The van der Waals surface area contributed by atoms with Gasteiger partial charge in [0.05, 0.1) is 6.61 Å². The van der Waals surface area contributed by atoms with E-state index < -0.39 is 64.0 Å². The molecule has 0 aliphatic carbocycles. The number of carbonyl (C=O) groups excluding carboxylic acids is 1. The van der Waals surface area contributed by atoms with Gasteiger partial charge in [-0.2, -0.15) is 4.31 Å². The molecule has 0 bridgehead atoms. The maximum Gasteiger partial charge on any atom is 0.481 e. The number of aryl methyl sites for hydroxylation is 1. The molecule has 1 fully saturated rings. The number of hydrogen-bond acceptors (Lipinski definition) is 10. The molecule has 0 saturated carbocycles. The molecule has 1 saturated heterocycles. The van der Waals surface area contributed by atoms with Gasteiger partial charge in [0.2, 0.25) is 0 Å². The van der Waals surface area contributed by atoms with Crippen molar-refractivity contribution < 1.29 is 52.0 Å². The van der Waals surface area contributed by atoms with Crippen molar-refractivity contribution in [2.75, 3.05) is 6.61 Å². The highest BCUT2D eigenvalue weighted by Crippen LogP contribution is 2.57. The van der Waals surface area contributed by atoms with Gasteiger partial charge < -0.3 is 29.3 Å². The van der Waals surface area contributed by atoms with Crippen LogP contribution in [-0.4, -0.2) is 60.2 Å². The molecule has 0 amide bonds. The smallest absolute Gasteiger partial charge is 0.455 e. The number of aromatic amines is 1. The van der Waals surface area contributed by atoms with Crippen LogP contribution in [0.2, 0.25) is 0 Å². The topological polar surface area (TPSA) is 224 Å². The minimum absolute atomic E-state index is 0.0962. The molecule has 5 atom stereocenters. The lowest BCUT2D eigenvalue weighted by Crippen LogP contribution is -2.40. The van der Waals surface area contributed by atoms with Gasteiger partial charge in [-0.15, -0.1) is 0 Å². The molecule has 1 aliphatic heterocycles. The number of phosphoric ester groups is 1. The van der Waals surface area contributed by atoms with Gasteiger partial charge in [0.15, 0.2) is 12.3 Å². The highest BCUT2D eigenvalue weighted by atomic mass is 31.3. The third kappa shape index (κ3) is 6.15. The van der Waals surface area contributed by atoms with Gasteiger partial charge in [0.25, 0.3) is 5.56 Å². The summed E-state index contributed by atoms with van der Waals surface area (Å²) in [5.41, 5.74) is -1.53. The fourth-order valence-corrected chi connectivity index (χ4v) is 4.10. The van der Waals surface area contributed by atoms with Crippen LogP contribution in [0.5, 0.6) is 0 Å². The Kier molecular flexibility index (Phi) is 7.00. The van der Waals surface area contributed by atoms with Crippen LogP contribution in [-0.2, 0) is 32.2 Å². The summed E-state index contributed by atoms with van der Waals surface area (Å²) in [6, 6.07) is 0. The zero-order valence-corrected chi connectivity index (χ0v) is 16.7. The van der Waals surface area contributed by atoms with E-state index in [1.807, 2.05) is 4.98 Å². The third-order valence-corrected chi connectivity index (χ3v) is 5.80. The lowest BCUT2D eigenvalue weighted by molar-refractivity contribution is -0.156. The molecule has 1 unspecified atom stereocenters. The summed E-state index contributed by atoms with van der Waals surface area (Å²) >= 11 is 0. The number of nitrogens with zero attached hydrogens (tertiary/aromatic N) is 1. The van der Waals surface area contributed by atoms with Gasteiger partial charge in [0.1, 0.15) is 12.2 Å². The minimum atomic E-state index is -5.36. The molecule has 0 aromatic carbocycles. The van der Waals surface area contributed by atoms with Crippen LogP contribution >= 0.6 is 15.6 Å². The number of rotatable bonds is 7. The maximum absolute atomic E-state index is 12.1. The van der Waals surface area contributed by atoms with Crippen LogP contribution < -0.4 is 11.2 Å². The molecule has 2 heterocycles. The second kappa shape index (κ2) is 8.60. The number of carbonyl (C=O) groups is 1. The first kappa shape index (κ1) is 23.6. The molecule has 164 valence electrons. The van der Waals surface area contributed by atoms with Crippen molar-refractivity contribution in [1.29, 1.82) is 0 Å². The van der Waals surface area contributed by atoms with Crippen LogP contribution in [0.4, 0.5) is 0 Å². The number of H-pyrrole nitrogens is 1. The van der Waals surface area contributed by atoms with E-state index in [2.05, 4.69) is 8.83 Å². The zero-order valence-electron chi connectivity index (χ0n) is 14.9. The molecule has 0 spiro atoms. The van der Waals surface area contributed by atoms with Crippen LogP contribution in [0.25, 0.3) is 0 Å². The molecule has 0 radical (unpaired) electrons. The molecule has 15 nitrogen and oxygen atoms in total. The average Bonchev–Trinajstić information content (AvgIpc) is 2.83. The van der Waals surface area contributed by atoms with Crippen molar-refractivity contribution in [3.63, 3.8) is 0 Å². The predicted octanol–water partition coefficient (Wildman–Crippen LogP) is -1.74. The van der Waals surface area contributed by atoms with Gasteiger partial charge in [-0.05, 0) is 6.92 Å². The van der Waals surface area contributed by atoms with E-state index in [-0.39, 0.29) is 5.56 Å². The first-order valence-electron chi connectivity index (χ1n) is 7.77. The summed E-state index contributed by atoms with van der Waals surface area (Å²) in [4.78, 5) is 63.4. The summed E-state index contributed by atoms with van der Waals surface area (Å²) in [5, 5.41) is 10.3. The Balaban J connectivity index is 2.27. The van der Waals surface area contributed by atoms with E-state index in [0.29, 0.717) is 0 Å². The first-order chi connectivity index (χ1) is 13.2. The summed E-state index contributed by atoms with van der Waals surface area (Å²) in [6.07, 6.45) is -5.01. The summed E-state index contributed by atoms with van der Waals surface area (Å²) in [5.74, 6) is -0.851. The second-order valence-electron chi connectivity index (χ2n) is 5.94. The van der Waals surface area contributed by atoms with E-state index >= 15 is 0 Å². The Morgan fingerprint density at radius 2 is 1.93 bits per heavy atom. The van der Waals surface area contributed by atoms with Gasteiger partial charge in [0, 0.05) is 18.7 Å². The van der Waals surface area contributed by atoms with Crippen molar-refractivity contribution >= 4 is 21.6 Å². The van der Waals surface area contributed by atoms with Gasteiger partial charge >= 0.3 is 27.3 Å². The quantitative estimate of drug-likeness (QED) is 0.225. The fourth-order valence-electron chi connectivity index (χ4n) is 2.50. The van der Waals surface area contributed by atoms with Crippen LogP contribution in [0.15, 0.2) is 15.8 Å². The monoisotopic (exact) mass is 460 g/mol. The number of ether oxygens (including phenoxy) is 2. The predicted molar refractivity (Wildman–Crippen MR) is 90.4 cm³/mol. The third-order valence-electron chi connectivity index (χ3n) is 3.65. The number of esters is 1. The first-order valence-corrected chi connectivity index (χ1v) is 10.8. The Hall–Kier alpha value is -1.67. The van der Waals surface area contributed by atoms with Crippen LogP contribution in [0.3, 0.4) is 0 Å². The van der Waals surface area contributed by atoms with Crippen LogP contribution in [0, 0.1) is 6.92 Å². The number of aromatic nitrogens is 2. The number of aliphatic hydroxyl groups excluding tert-OH is 1. The zero-order chi connectivity index (χ0) is 22.1. The molecule has 1 aromatic rings. The molecular weight excluding hydrogens is 442 g/mol. The Morgan fingerprint density at radius 1 is 1.31 bits per heavy atom. The van der Waals surface area contributed by atoms with Gasteiger partial charge in [-0.3, -0.25) is 23.7 Å². The summed E-state index contributed by atoms with van der Waals surface area (Å²) in [7, 11) is -10.6. The summed E-state index contributed by atoms with van der Waals surface area (Å²) < 4.78 is 41.4. The van der Waals surface area contributed by atoms with Crippen molar-refractivity contribution in [2.24, 2.45) is 0 Å². The molecular formula is C12H18N2O13P2. The Bertz CT molecular complexity index is 981. The number of nitrogens with one attached hydrogen (secondary N) is 1. The minimum Gasteiger partial charge on any atom is -0.455 e. The second-order valence-corrected chi connectivity index (χ2v) is 8.77. The Labute approximate surface area is 161 Å². The molecule has 1 aromatic heterocycles. The molecule has 2 rings (SSSR count). The molecule has 1 aliphatic rings. The number of phosphoric acid groups is 2. The van der Waals surface area contributed by atoms with E-state index in [0.717, 1.165) is 17.7 Å². The van der Waals surface area contributed by atoms with E-state index in [9.17, 15) is 33.5 Å². The van der Waals surface area contributed by atoms with Crippen molar-refractivity contribution in [2.45, 2.75) is 38.4 Å². The van der Waals surface area contributed by atoms with Crippen LogP contribution in [0.1, 0.15) is 18.7 Å². The van der Waals surface area contributed by atoms with Crippen molar-refractivity contribution in [3.05, 3.63) is 32.6 Å². The van der Waals surface area contributed by atoms with E-state index in [1.54, 1.807) is 0 Å². The average molecular weight is 460 g/mol. The number of aliphatic hydroxyl groups is 1. The molecule has 29 heavy (non-hydrogen) atoms. The molecule has 5 N–H and O–H groups in total. The SMILES string of the molecule is CC(=O)O[C@@H]1[C@H](O)[C@@H](COP(=O)(O)OP(=O)(O)O)O[C@H]1n1cc(C)c(=O)[nH]c1=O. The lowest BCUT2D eigenvalue weighted by atomic mass is 10.1. The summed E-state index contributed by atoms with van der Waals surface area (Å²) in [6.45, 7) is 1.47. The van der Waals surface area contributed by atoms with Gasteiger partial charge in [-0.25, -0.2) is 13.9 Å². The lowest BCUT2D eigenvalue weighted by Gasteiger charge is -2.21. The standard InChI is InChI=1S/C12H18N2O13P2/c1-5-3-14(12(18)13-10(5)17)11-9(25-6(2)15)8(16)7(26-11)4-24-29(22,23)27-28(19,20)21/h3,7-9,11,16H,4H2,1-2H3,(H,22,23)(H,13,17,18)(H2,19,20,21)/t7-,8-,9-,11-/m1/s1. The van der Waals surface area contributed by atoms with Crippen molar-refractivity contribution in [1.82, 2.24) is 9.55 Å². The normalized spacial score (nSPS) is 26.8. The number of hydrogen-bond donors (Lipinski definition) is 5. The highest BCUT2D eigenvalue weighted by Gasteiger charge is 2.48. The highest BCUT2D eigenvalue weighted by molar-refractivity contribution is 7.60. The Morgan fingerprint density at radius 3 is 2.48 bits per heavy atom. The largest absolute Gasteiger partial charge is 0.481 e. The fraction of sp³-hybridized carbons (Fsp3) is 0.583. The van der Waals surface area contributed by atoms with Gasteiger partial charge in [-0.1, -0.05) is 0 Å². The van der Waals surface area contributed by atoms with E-state index in [4.69, 9.17) is 19.3 Å². The molecule has 17 heteroatoms.